The summed E-state index contributed by atoms with van der Waals surface area (Å²) in [4.78, 5) is 13.0. The van der Waals surface area contributed by atoms with Gasteiger partial charge in [0.1, 0.15) is 5.69 Å². The molecule has 0 aromatic heterocycles. The van der Waals surface area contributed by atoms with Gasteiger partial charge in [0.15, 0.2) is 0 Å². The van der Waals surface area contributed by atoms with Crippen LogP contribution in [-0.4, -0.2) is 36.0 Å². The molecular formula is C13H19N3O2. The van der Waals surface area contributed by atoms with Crippen LogP contribution in [0, 0.1) is 17.0 Å². The molecular weight excluding hydrogens is 230 g/mol. The van der Waals surface area contributed by atoms with Crippen LogP contribution < -0.4 is 5.32 Å². The fourth-order valence-electron chi connectivity index (χ4n) is 2.29. The van der Waals surface area contributed by atoms with E-state index in [9.17, 15) is 10.1 Å². The van der Waals surface area contributed by atoms with E-state index in [1.54, 1.807) is 6.07 Å². The van der Waals surface area contributed by atoms with Gasteiger partial charge >= 0.3 is 0 Å². The topological polar surface area (TPSA) is 58.4 Å². The van der Waals surface area contributed by atoms with Crippen LogP contribution in [-0.2, 0) is 0 Å². The quantitative estimate of drug-likeness (QED) is 0.660. The molecule has 98 valence electrons. The average molecular weight is 249 g/mol. The minimum absolute atomic E-state index is 0.175. The van der Waals surface area contributed by atoms with E-state index in [0.717, 1.165) is 31.5 Å². The van der Waals surface area contributed by atoms with Gasteiger partial charge in [-0.1, -0.05) is 6.07 Å². The maximum absolute atomic E-state index is 11.0. The molecule has 0 aliphatic carbocycles. The number of likely N-dealkylation sites (tertiary alicyclic amines) is 1. The minimum Gasteiger partial charge on any atom is -0.377 e. The second-order valence-electron chi connectivity index (χ2n) is 5.00. The molecule has 1 aliphatic rings. The largest absolute Gasteiger partial charge is 0.377 e. The van der Waals surface area contributed by atoms with Crippen LogP contribution in [0.4, 0.5) is 11.4 Å². The van der Waals surface area contributed by atoms with Crippen molar-refractivity contribution in [2.45, 2.75) is 25.8 Å². The van der Waals surface area contributed by atoms with Crippen LogP contribution in [0.3, 0.4) is 0 Å². The molecule has 1 aliphatic heterocycles. The first-order valence-corrected chi connectivity index (χ1v) is 6.26. The number of hydrogen-bond acceptors (Lipinski definition) is 4. The number of nitrogens with one attached hydrogen (secondary N) is 1. The van der Waals surface area contributed by atoms with Crippen molar-refractivity contribution in [3.05, 3.63) is 33.9 Å². The molecule has 0 unspecified atom stereocenters. The smallest absolute Gasteiger partial charge is 0.292 e. The SMILES string of the molecule is Cc1ccc(NC2CCN(C)CC2)c([N+](=O)[O-])c1. The van der Waals surface area contributed by atoms with E-state index in [-0.39, 0.29) is 10.6 Å². The number of aryl methyl sites for hydroxylation is 1. The summed E-state index contributed by atoms with van der Waals surface area (Å²) in [6.07, 6.45) is 2.06. The third-order valence-corrected chi connectivity index (χ3v) is 3.43. The first-order valence-electron chi connectivity index (χ1n) is 6.26. The van der Waals surface area contributed by atoms with Crippen LogP contribution in [0.1, 0.15) is 18.4 Å². The highest BCUT2D eigenvalue weighted by atomic mass is 16.6. The Morgan fingerprint density at radius 1 is 1.39 bits per heavy atom. The predicted molar refractivity (Wildman–Crippen MR) is 72.0 cm³/mol. The zero-order valence-electron chi connectivity index (χ0n) is 10.8. The van der Waals surface area contributed by atoms with Crippen LogP contribution >= 0.6 is 0 Å². The van der Waals surface area contributed by atoms with E-state index in [1.165, 1.54) is 0 Å². The van der Waals surface area contributed by atoms with Gasteiger partial charge in [-0.15, -0.1) is 0 Å². The molecule has 1 N–H and O–H groups in total. The van der Waals surface area contributed by atoms with Gasteiger partial charge in [0.2, 0.25) is 0 Å². The van der Waals surface area contributed by atoms with Crippen LogP contribution in [0.15, 0.2) is 18.2 Å². The maximum Gasteiger partial charge on any atom is 0.292 e. The Morgan fingerprint density at radius 3 is 2.67 bits per heavy atom. The van der Waals surface area contributed by atoms with Crippen LogP contribution in [0.25, 0.3) is 0 Å². The standard InChI is InChI=1S/C13H19N3O2/c1-10-3-4-12(13(9-10)16(17)18)14-11-5-7-15(2)8-6-11/h3-4,9,11,14H,5-8H2,1-2H3. The molecule has 5 nitrogen and oxygen atoms in total. The van der Waals surface area contributed by atoms with Crippen molar-refractivity contribution in [1.82, 2.24) is 4.90 Å². The highest BCUT2D eigenvalue weighted by molar-refractivity contribution is 5.63. The van der Waals surface area contributed by atoms with Crippen LogP contribution in [0.5, 0.6) is 0 Å². The summed E-state index contributed by atoms with van der Waals surface area (Å²) in [7, 11) is 2.10. The van der Waals surface area contributed by atoms with Crippen molar-refractivity contribution in [2.75, 3.05) is 25.5 Å². The molecule has 0 amide bonds. The summed E-state index contributed by atoms with van der Waals surface area (Å²) < 4.78 is 0. The van der Waals surface area contributed by atoms with Crippen molar-refractivity contribution < 1.29 is 4.92 Å². The summed E-state index contributed by atoms with van der Waals surface area (Å²) in [6, 6.07) is 5.68. The van der Waals surface area contributed by atoms with Crippen molar-refractivity contribution in [3.8, 4) is 0 Å². The third-order valence-electron chi connectivity index (χ3n) is 3.43. The molecule has 1 aromatic carbocycles. The molecule has 0 atom stereocenters. The Balaban J connectivity index is 2.11. The zero-order valence-corrected chi connectivity index (χ0v) is 10.8. The summed E-state index contributed by atoms with van der Waals surface area (Å²) in [5, 5.41) is 14.3. The van der Waals surface area contributed by atoms with Crippen molar-refractivity contribution in [3.63, 3.8) is 0 Å². The van der Waals surface area contributed by atoms with Gasteiger partial charge in [-0.05, 0) is 51.5 Å². The highest BCUT2D eigenvalue weighted by Gasteiger charge is 2.20. The normalized spacial score (nSPS) is 17.7. The number of piperidine rings is 1. The lowest BCUT2D eigenvalue weighted by Crippen LogP contribution is -2.36. The van der Waals surface area contributed by atoms with Gasteiger partial charge in [-0.2, -0.15) is 0 Å². The Kier molecular flexibility index (Phi) is 3.81. The fourth-order valence-corrected chi connectivity index (χ4v) is 2.29. The minimum atomic E-state index is -0.315. The Bertz CT molecular complexity index is 440. The van der Waals surface area contributed by atoms with E-state index >= 15 is 0 Å². The third kappa shape index (κ3) is 2.98. The van der Waals surface area contributed by atoms with Crippen molar-refractivity contribution >= 4 is 11.4 Å². The number of benzene rings is 1. The lowest BCUT2D eigenvalue weighted by molar-refractivity contribution is -0.384. The molecule has 18 heavy (non-hydrogen) atoms. The van der Waals surface area contributed by atoms with Crippen molar-refractivity contribution in [2.24, 2.45) is 0 Å². The van der Waals surface area contributed by atoms with Crippen molar-refractivity contribution in [1.29, 1.82) is 0 Å². The highest BCUT2D eigenvalue weighted by Crippen LogP contribution is 2.27. The predicted octanol–water partition coefficient (Wildman–Crippen LogP) is 2.41. The number of anilines is 1. The first kappa shape index (κ1) is 12.8. The second kappa shape index (κ2) is 5.35. The lowest BCUT2D eigenvalue weighted by atomic mass is 10.0. The van der Waals surface area contributed by atoms with E-state index in [4.69, 9.17) is 0 Å². The molecule has 2 rings (SSSR count). The summed E-state index contributed by atoms with van der Waals surface area (Å²) in [6.45, 7) is 3.95. The number of nitro benzene ring substituents is 1. The fraction of sp³-hybridized carbons (Fsp3) is 0.538. The first-order chi connectivity index (χ1) is 8.56. The summed E-state index contributed by atoms with van der Waals surface area (Å²) in [5.41, 5.74) is 1.73. The van der Waals surface area contributed by atoms with Gasteiger partial charge < -0.3 is 10.2 Å². The van der Waals surface area contributed by atoms with E-state index < -0.39 is 0 Å². The zero-order chi connectivity index (χ0) is 13.1. The Morgan fingerprint density at radius 2 is 2.06 bits per heavy atom. The van der Waals surface area contributed by atoms with E-state index in [1.807, 2.05) is 19.1 Å². The Hall–Kier alpha value is -1.62. The van der Waals surface area contributed by atoms with Gasteiger partial charge in [0, 0.05) is 12.1 Å². The van der Waals surface area contributed by atoms with Gasteiger partial charge in [-0.25, -0.2) is 0 Å². The maximum atomic E-state index is 11.0. The molecule has 1 saturated heterocycles. The van der Waals surface area contributed by atoms with Gasteiger partial charge in [-0.3, -0.25) is 10.1 Å². The number of nitro groups is 1. The molecule has 0 spiro atoms. The number of hydrogen-bond donors (Lipinski definition) is 1. The lowest BCUT2D eigenvalue weighted by Gasteiger charge is -2.30. The molecule has 1 heterocycles. The average Bonchev–Trinajstić information content (AvgIpc) is 2.34. The molecule has 1 fully saturated rings. The van der Waals surface area contributed by atoms with E-state index in [2.05, 4.69) is 17.3 Å². The summed E-state index contributed by atoms with van der Waals surface area (Å²) >= 11 is 0. The second-order valence-corrected chi connectivity index (χ2v) is 5.00. The van der Waals surface area contributed by atoms with E-state index in [0.29, 0.717) is 11.7 Å². The van der Waals surface area contributed by atoms with Gasteiger partial charge in [0.05, 0.1) is 4.92 Å². The Labute approximate surface area is 107 Å². The molecule has 1 aromatic rings. The van der Waals surface area contributed by atoms with Crippen LogP contribution in [0.2, 0.25) is 0 Å². The number of rotatable bonds is 3. The number of nitrogens with zero attached hydrogens (tertiary/aromatic N) is 2. The molecule has 0 radical (unpaired) electrons. The van der Waals surface area contributed by atoms with Gasteiger partial charge in [0.25, 0.3) is 5.69 Å². The molecule has 5 heteroatoms. The monoisotopic (exact) mass is 249 g/mol. The molecule has 0 bridgehead atoms. The summed E-state index contributed by atoms with van der Waals surface area (Å²) in [5.74, 6) is 0. The molecule has 0 saturated carbocycles.